The second kappa shape index (κ2) is 10.6. The maximum Gasteiger partial charge on any atom is 0.191 e. The van der Waals surface area contributed by atoms with E-state index < -0.39 is 0 Å². The van der Waals surface area contributed by atoms with Gasteiger partial charge in [-0.2, -0.15) is 11.8 Å². The summed E-state index contributed by atoms with van der Waals surface area (Å²) in [6, 6.07) is 8.51. The van der Waals surface area contributed by atoms with Crippen LogP contribution in [0.25, 0.3) is 0 Å². The SMILES string of the molecule is CCNC(=NCc1cccc(C)c1)NCCCCSC. The lowest BCUT2D eigenvalue weighted by Gasteiger charge is -2.11. The summed E-state index contributed by atoms with van der Waals surface area (Å²) in [5, 5.41) is 6.69. The highest BCUT2D eigenvalue weighted by molar-refractivity contribution is 7.98. The summed E-state index contributed by atoms with van der Waals surface area (Å²) >= 11 is 1.91. The molecule has 0 aliphatic heterocycles. The number of aliphatic imine (C=N–C) groups is 1. The van der Waals surface area contributed by atoms with Gasteiger partial charge in [0.2, 0.25) is 0 Å². The van der Waals surface area contributed by atoms with Crippen molar-refractivity contribution < 1.29 is 0 Å². The Labute approximate surface area is 127 Å². The number of thioether (sulfide) groups is 1. The molecule has 1 rings (SSSR count). The zero-order valence-electron chi connectivity index (χ0n) is 12.9. The maximum absolute atomic E-state index is 4.63. The molecule has 112 valence electrons. The molecular weight excluding hydrogens is 266 g/mol. The second-order valence-corrected chi connectivity index (χ2v) is 5.80. The van der Waals surface area contributed by atoms with E-state index in [1.165, 1.54) is 29.7 Å². The van der Waals surface area contributed by atoms with Crippen molar-refractivity contribution in [2.24, 2.45) is 4.99 Å². The number of rotatable bonds is 8. The summed E-state index contributed by atoms with van der Waals surface area (Å²) in [6.07, 6.45) is 4.60. The highest BCUT2D eigenvalue weighted by Gasteiger charge is 1.97. The minimum absolute atomic E-state index is 0.724. The van der Waals surface area contributed by atoms with Gasteiger partial charge in [-0.05, 0) is 44.3 Å². The third kappa shape index (κ3) is 7.43. The lowest BCUT2D eigenvalue weighted by molar-refractivity contribution is 0.734. The molecule has 4 heteroatoms. The van der Waals surface area contributed by atoms with Crippen LogP contribution < -0.4 is 10.6 Å². The van der Waals surface area contributed by atoms with E-state index >= 15 is 0 Å². The number of aryl methyl sites for hydroxylation is 1. The Hall–Kier alpha value is -1.16. The Balaban J connectivity index is 2.41. The van der Waals surface area contributed by atoms with Crippen LogP contribution in [0.4, 0.5) is 0 Å². The summed E-state index contributed by atoms with van der Waals surface area (Å²) in [5.41, 5.74) is 2.54. The summed E-state index contributed by atoms with van der Waals surface area (Å²) in [4.78, 5) is 4.63. The van der Waals surface area contributed by atoms with E-state index in [0.29, 0.717) is 0 Å². The molecule has 0 unspecified atom stereocenters. The van der Waals surface area contributed by atoms with Gasteiger partial charge in [-0.3, -0.25) is 0 Å². The van der Waals surface area contributed by atoms with Crippen molar-refractivity contribution >= 4 is 17.7 Å². The molecule has 0 aliphatic carbocycles. The first-order chi connectivity index (χ1) is 9.76. The van der Waals surface area contributed by atoms with Crippen LogP contribution in [0, 0.1) is 6.92 Å². The molecule has 0 atom stereocenters. The van der Waals surface area contributed by atoms with Gasteiger partial charge < -0.3 is 10.6 Å². The van der Waals surface area contributed by atoms with Crippen molar-refractivity contribution in [2.45, 2.75) is 33.2 Å². The van der Waals surface area contributed by atoms with Crippen molar-refractivity contribution in [1.82, 2.24) is 10.6 Å². The molecule has 0 radical (unpaired) electrons. The summed E-state index contributed by atoms with van der Waals surface area (Å²) in [5.74, 6) is 2.15. The topological polar surface area (TPSA) is 36.4 Å². The molecule has 0 saturated carbocycles. The molecule has 0 aromatic heterocycles. The molecule has 0 spiro atoms. The van der Waals surface area contributed by atoms with Crippen LogP contribution in [0.2, 0.25) is 0 Å². The predicted molar refractivity (Wildman–Crippen MR) is 91.6 cm³/mol. The fourth-order valence-corrected chi connectivity index (χ4v) is 2.39. The molecule has 0 aliphatic rings. The summed E-state index contributed by atoms with van der Waals surface area (Å²) < 4.78 is 0. The third-order valence-corrected chi connectivity index (χ3v) is 3.61. The van der Waals surface area contributed by atoms with E-state index in [-0.39, 0.29) is 0 Å². The number of guanidine groups is 1. The predicted octanol–water partition coefficient (Wildman–Crippen LogP) is 3.19. The molecule has 20 heavy (non-hydrogen) atoms. The third-order valence-electron chi connectivity index (χ3n) is 2.91. The standard InChI is InChI=1S/C16H27N3S/c1-4-17-16(18-10-5-6-11-20-3)19-13-15-9-7-8-14(2)12-15/h7-9,12H,4-6,10-11,13H2,1-3H3,(H2,17,18,19). The first-order valence-corrected chi connectivity index (χ1v) is 8.72. The smallest absolute Gasteiger partial charge is 0.191 e. The molecular formula is C16H27N3S. The Morgan fingerprint density at radius 3 is 2.80 bits per heavy atom. The first kappa shape index (κ1) is 16.9. The van der Waals surface area contributed by atoms with Crippen molar-refractivity contribution in [3.8, 4) is 0 Å². The fraction of sp³-hybridized carbons (Fsp3) is 0.562. The molecule has 0 heterocycles. The summed E-state index contributed by atoms with van der Waals surface area (Å²) in [7, 11) is 0. The van der Waals surface area contributed by atoms with Crippen LogP contribution in [-0.4, -0.2) is 31.1 Å². The molecule has 0 amide bonds. The number of hydrogen-bond donors (Lipinski definition) is 2. The van der Waals surface area contributed by atoms with Gasteiger partial charge in [-0.15, -0.1) is 0 Å². The molecule has 0 bridgehead atoms. The van der Waals surface area contributed by atoms with E-state index in [0.717, 1.165) is 25.6 Å². The van der Waals surface area contributed by atoms with Crippen LogP contribution in [0.3, 0.4) is 0 Å². The van der Waals surface area contributed by atoms with Gasteiger partial charge in [-0.25, -0.2) is 4.99 Å². The van der Waals surface area contributed by atoms with Gasteiger partial charge in [0.25, 0.3) is 0 Å². The Morgan fingerprint density at radius 2 is 2.10 bits per heavy atom. The van der Waals surface area contributed by atoms with Crippen LogP contribution in [-0.2, 0) is 6.54 Å². The van der Waals surface area contributed by atoms with Gasteiger partial charge in [-0.1, -0.05) is 29.8 Å². The molecule has 0 fully saturated rings. The Kier molecular flexibility index (Phi) is 8.96. The summed E-state index contributed by atoms with van der Waals surface area (Å²) in [6.45, 7) is 6.81. The van der Waals surface area contributed by atoms with Gasteiger partial charge in [0.15, 0.2) is 5.96 Å². The van der Waals surface area contributed by atoms with Crippen molar-refractivity contribution in [3.63, 3.8) is 0 Å². The number of benzene rings is 1. The van der Waals surface area contributed by atoms with Crippen molar-refractivity contribution in [2.75, 3.05) is 25.1 Å². The average molecular weight is 293 g/mol. The molecule has 1 aromatic carbocycles. The quantitative estimate of drug-likeness (QED) is 0.439. The highest BCUT2D eigenvalue weighted by Crippen LogP contribution is 2.05. The number of nitrogens with one attached hydrogen (secondary N) is 2. The van der Waals surface area contributed by atoms with Gasteiger partial charge >= 0.3 is 0 Å². The van der Waals surface area contributed by atoms with E-state index in [1.54, 1.807) is 0 Å². The minimum atomic E-state index is 0.724. The number of nitrogens with zero attached hydrogens (tertiary/aromatic N) is 1. The number of hydrogen-bond acceptors (Lipinski definition) is 2. The van der Waals surface area contributed by atoms with Crippen molar-refractivity contribution in [1.29, 1.82) is 0 Å². The second-order valence-electron chi connectivity index (χ2n) is 4.81. The van der Waals surface area contributed by atoms with E-state index in [9.17, 15) is 0 Å². The van der Waals surface area contributed by atoms with Crippen LogP contribution in [0.1, 0.15) is 30.9 Å². The van der Waals surface area contributed by atoms with Crippen LogP contribution in [0.5, 0.6) is 0 Å². The highest BCUT2D eigenvalue weighted by atomic mass is 32.2. The van der Waals surface area contributed by atoms with E-state index in [2.05, 4.69) is 60.0 Å². The lowest BCUT2D eigenvalue weighted by Crippen LogP contribution is -2.37. The Bertz CT molecular complexity index is 404. The van der Waals surface area contributed by atoms with Crippen molar-refractivity contribution in [3.05, 3.63) is 35.4 Å². The van der Waals surface area contributed by atoms with Gasteiger partial charge in [0.1, 0.15) is 0 Å². The monoisotopic (exact) mass is 293 g/mol. The maximum atomic E-state index is 4.63. The largest absolute Gasteiger partial charge is 0.357 e. The van der Waals surface area contributed by atoms with Gasteiger partial charge in [0, 0.05) is 13.1 Å². The van der Waals surface area contributed by atoms with E-state index in [4.69, 9.17) is 0 Å². The first-order valence-electron chi connectivity index (χ1n) is 7.33. The van der Waals surface area contributed by atoms with Gasteiger partial charge in [0.05, 0.1) is 6.54 Å². The molecule has 3 nitrogen and oxygen atoms in total. The lowest BCUT2D eigenvalue weighted by atomic mass is 10.1. The molecule has 2 N–H and O–H groups in total. The zero-order valence-corrected chi connectivity index (χ0v) is 13.7. The number of unbranched alkanes of at least 4 members (excludes halogenated alkanes) is 1. The van der Waals surface area contributed by atoms with E-state index in [1.807, 2.05) is 11.8 Å². The fourth-order valence-electron chi connectivity index (χ4n) is 1.90. The Morgan fingerprint density at radius 1 is 1.25 bits per heavy atom. The molecule has 0 saturated heterocycles. The minimum Gasteiger partial charge on any atom is -0.357 e. The molecule has 1 aromatic rings. The average Bonchev–Trinajstić information content (AvgIpc) is 2.44. The van der Waals surface area contributed by atoms with Crippen LogP contribution >= 0.6 is 11.8 Å². The zero-order chi connectivity index (χ0) is 14.6. The van der Waals surface area contributed by atoms with Crippen LogP contribution in [0.15, 0.2) is 29.3 Å². The normalized spacial score (nSPS) is 11.4.